The molecule has 32 heavy (non-hydrogen) atoms. The Hall–Kier alpha value is -2.92. The van der Waals surface area contributed by atoms with Crippen molar-refractivity contribution in [3.8, 4) is 11.8 Å². The quantitative estimate of drug-likeness (QED) is 0.604. The number of carbonyl (C=O) groups is 3. The van der Waals surface area contributed by atoms with E-state index in [2.05, 4.69) is 11.0 Å². The van der Waals surface area contributed by atoms with Gasteiger partial charge in [0.25, 0.3) is 6.47 Å². The Morgan fingerprint density at radius 3 is 2.66 bits per heavy atom. The van der Waals surface area contributed by atoms with E-state index in [-0.39, 0.29) is 47.9 Å². The predicted molar refractivity (Wildman–Crippen MR) is 114 cm³/mol. The van der Waals surface area contributed by atoms with Crippen LogP contribution in [0.25, 0.3) is 0 Å². The van der Waals surface area contributed by atoms with Gasteiger partial charge in [0, 0.05) is 31.1 Å². The van der Waals surface area contributed by atoms with Crippen molar-refractivity contribution in [1.82, 2.24) is 14.7 Å². The molecule has 1 saturated carbocycles. The molecule has 1 aromatic carbocycles. The highest BCUT2D eigenvalue weighted by molar-refractivity contribution is 5.86. The molecule has 2 amide bonds. The van der Waals surface area contributed by atoms with Gasteiger partial charge in [-0.1, -0.05) is 19.1 Å². The summed E-state index contributed by atoms with van der Waals surface area (Å²) in [5.41, 5.74) is 0.995. The van der Waals surface area contributed by atoms with E-state index < -0.39 is 0 Å². The molecule has 3 heterocycles. The number of benzene rings is 1. The summed E-state index contributed by atoms with van der Waals surface area (Å²) in [6.45, 7) is 5.66. The van der Waals surface area contributed by atoms with Crippen LogP contribution >= 0.6 is 0 Å². The van der Waals surface area contributed by atoms with Crippen molar-refractivity contribution in [1.29, 1.82) is 5.26 Å². The van der Waals surface area contributed by atoms with Crippen LogP contribution in [0.4, 0.5) is 0 Å². The van der Waals surface area contributed by atoms with Crippen LogP contribution in [0.5, 0.6) is 5.75 Å². The Balaban J connectivity index is 1.21. The Morgan fingerprint density at radius 1 is 1.25 bits per heavy atom. The second-order valence-electron chi connectivity index (χ2n) is 9.65. The standard InChI is InChI=1S/C24H28N4O4/c1-14(23(30)28-18(10-25)7-17-8-21(17)28)11-26-12-19-9-22(26)24(31)27(19)15(2)16-3-5-20(6-4-16)32-13-29/h3-6,13-15,17-19,21-22H,7-9,11-12H2,1-2H3/t14-,15+,17+,18-,19-,21?,22-/m0/s1. The zero-order valence-corrected chi connectivity index (χ0v) is 18.4. The number of nitrogens with zero attached hydrogens (tertiary/aromatic N) is 4. The average Bonchev–Trinajstić information content (AvgIpc) is 3.12. The molecular formula is C24H28N4O4. The molecule has 0 aromatic heterocycles. The molecule has 7 atom stereocenters. The predicted octanol–water partition coefficient (Wildman–Crippen LogP) is 1.72. The zero-order chi connectivity index (χ0) is 22.6. The minimum Gasteiger partial charge on any atom is -0.429 e. The van der Waals surface area contributed by atoms with Crippen LogP contribution in [0, 0.1) is 23.2 Å². The van der Waals surface area contributed by atoms with Gasteiger partial charge in [0.05, 0.1) is 18.2 Å². The van der Waals surface area contributed by atoms with Crippen molar-refractivity contribution in [3.63, 3.8) is 0 Å². The van der Waals surface area contributed by atoms with Gasteiger partial charge in [-0.05, 0) is 49.8 Å². The first-order valence-corrected chi connectivity index (χ1v) is 11.4. The maximum Gasteiger partial charge on any atom is 0.298 e. The lowest BCUT2D eigenvalue weighted by Gasteiger charge is -2.38. The molecule has 8 nitrogen and oxygen atoms in total. The van der Waals surface area contributed by atoms with E-state index in [0.29, 0.717) is 24.7 Å². The van der Waals surface area contributed by atoms with Gasteiger partial charge in [-0.25, -0.2) is 0 Å². The molecule has 5 rings (SSSR count). The summed E-state index contributed by atoms with van der Waals surface area (Å²) in [6.07, 6.45) is 2.62. The fourth-order valence-electron chi connectivity index (χ4n) is 6.01. The topological polar surface area (TPSA) is 93.9 Å². The fourth-order valence-corrected chi connectivity index (χ4v) is 6.01. The second kappa shape index (κ2) is 7.89. The minimum atomic E-state index is -0.287. The summed E-state index contributed by atoms with van der Waals surface area (Å²) in [5.74, 6) is 0.923. The Kier molecular flexibility index (Phi) is 5.17. The fraction of sp³-hybridized carbons (Fsp3) is 0.583. The van der Waals surface area contributed by atoms with Gasteiger partial charge in [0.15, 0.2) is 0 Å². The molecule has 3 saturated heterocycles. The van der Waals surface area contributed by atoms with Crippen LogP contribution in [0.2, 0.25) is 0 Å². The number of rotatable bonds is 7. The molecular weight excluding hydrogens is 408 g/mol. The maximum atomic E-state index is 13.2. The Labute approximate surface area is 187 Å². The van der Waals surface area contributed by atoms with Crippen LogP contribution < -0.4 is 4.74 Å². The highest BCUT2D eigenvalue weighted by atomic mass is 16.5. The summed E-state index contributed by atoms with van der Waals surface area (Å²) in [4.78, 5) is 42.7. The molecule has 1 unspecified atom stereocenters. The number of piperidine rings is 1. The molecule has 0 radical (unpaired) electrons. The summed E-state index contributed by atoms with van der Waals surface area (Å²) >= 11 is 0. The Bertz CT molecular complexity index is 973. The third-order valence-electron chi connectivity index (χ3n) is 7.72. The molecule has 1 aliphatic carbocycles. The molecule has 2 bridgehead atoms. The molecule has 1 aromatic rings. The molecule has 3 aliphatic heterocycles. The number of carbonyl (C=O) groups excluding carboxylic acids is 3. The molecule has 0 spiro atoms. The minimum absolute atomic E-state index is 0.0552. The van der Waals surface area contributed by atoms with Gasteiger partial charge in [-0.3, -0.25) is 19.3 Å². The first-order valence-electron chi connectivity index (χ1n) is 11.4. The number of nitriles is 1. The molecule has 0 N–H and O–H groups in total. The molecule has 168 valence electrons. The largest absolute Gasteiger partial charge is 0.429 e. The van der Waals surface area contributed by atoms with Gasteiger partial charge in [0.2, 0.25) is 11.8 Å². The van der Waals surface area contributed by atoms with Gasteiger partial charge in [-0.2, -0.15) is 5.26 Å². The van der Waals surface area contributed by atoms with Gasteiger partial charge in [0.1, 0.15) is 11.8 Å². The van der Waals surface area contributed by atoms with E-state index in [9.17, 15) is 19.6 Å². The number of ether oxygens (including phenoxy) is 1. The summed E-state index contributed by atoms with van der Waals surface area (Å²) in [6, 6.07) is 9.36. The third-order valence-corrected chi connectivity index (χ3v) is 7.72. The number of likely N-dealkylation sites (tertiary alicyclic amines) is 3. The maximum absolute atomic E-state index is 13.2. The SMILES string of the molecule is C[C@H](c1ccc(OC=O)cc1)N1C(=O)[C@@H]2C[C@H]1CN2C[C@H](C)C(=O)N1C2C[C@H]2C[C@H]1C#N. The van der Waals surface area contributed by atoms with Crippen LogP contribution in [0.1, 0.15) is 44.7 Å². The number of piperazine rings is 1. The van der Waals surface area contributed by atoms with Crippen molar-refractivity contribution in [3.05, 3.63) is 29.8 Å². The van der Waals surface area contributed by atoms with E-state index in [1.165, 1.54) is 0 Å². The number of hydrogen-bond acceptors (Lipinski definition) is 6. The smallest absolute Gasteiger partial charge is 0.298 e. The highest BCUT2D eigenvalue weighted by Gasteiger charge is 2.55. The molecule has 8 heteroatoms. The zero-order valence-electron chi connectivity index (χ0n) is 18.4. The highest BCUT2D eigenvalue weighted by Crippen LogP contribution is 2.48. The van der Waals surface area contributed by atoms with Crippen LogP contribution in [0.15, 0.2) is 24.3 Å². The number of hydrogen-bond donors (Lipinski definition) is 0. The Morgan fingerprint density at radius 2 is 2.00 bits per heavy atom. The van der Waals surface area contributed by atoms with Crippen LogP contribution in [-0.4, -0.2) is 70.2 Å². The first-order chi connectivity index (χ1) is 15.4. The number of amides is 2. The van der Waals surface area contributed by atoms with E-state index in [1.54, 1.807) is 12.1 Å². The van der Waals surface area contributed by atoms with Crippen molar-refractivity contribution in [2.75, 3.05) is 13.1 Å². The van der Waals surface area contributed by atoms with E-state index in [1.807, 2.05) is 35.8 Å². The van der Waals surface area contributed by atoms with Crippen molar-refractivity contribution in [2.24, 2.45) is 11.8 Å². The van der Waals surface area contributed by atoms with E-state index in [4.69, 9.17) is 4.74 Å². The van der Waals surface area contributed by atoms with E-state index in [0.717, 1.165) is 31.4 Å². The normalized spacial score (nSPS) is 32.4. The lowest BCUT2D eigenvalue weighted by Crippen LogP contribution is -2.53. The monoisotopic (exact) mass is 436 g/mol. The molecule has 4 aliphatic rings. The summed E-state index contributed by atoms with van der Waals surface area (Å²) < 4.78 is 4.85. The number of fused-ring (bicyclic) bond motifs is 3. The lowest BCUT2D eigenvalue weighted by atomic mass is 10.0. The van der Waals surface area contributed by atoms with Crippen molar-refractivity contribution in [2.45, 2.75) is 63.3 Å². The average molecular weight is 437 g/mol. The van der Waals surface area contributed by atoms with Crippen LogP contribution in [0.3, 0.4) is 0 Å². The third kappa shape index (κ3) is 3.36. The molecule has 4 fully saturated rings. The van der Waals surface area contributed by atoms with Gasteiger partial charge >= 0.3 is 0 Å². The second-order valence-corrected chi connectivity index (χ2v) is 9.65. The van der Waals surface area contributed by atoms with E-state index >= 15 is 0 Å². The first kappa shape index (κ1) is 21.0. The van der Waals surface area contributed by atoms with Gasteiger partial charge < -0.3 is 14.5 Å². The summed E-state index contributed by atoms with van der Waals surface area (Å²) in [5, 5.41) is 9.40. The van der Waals surface area contributed by atoms with Crippen molar-refractivity contribution < 1.29 is 19.1 Å². The summed E-state index contributed by atoms with van der Waals surface area (Å²) in [7, 11) is 0. The van der Waals surface area contributed by atoms with Crippen LogP contribution in [-0.2, 0) is 14.4 Å². The van der Waals surface area contributed by atoms with Gasteiger partial charge in [-0.15, -0.1) is 0 Å². The van der Waals surface area contributed by atoms with Crippen molar-refractivity contribution >= 4 is 18.3 Å². The lowest BCUT2D eigenvalue weighted by molar-refractivity contribution is -0.142.